The molecule has 8 nitrogen and oxygen atoms in total. The fraction of sp³-hybridized carbons (Fsp3) is 0.409. The number of rotatable bonds is 6. The molecule has 1 aromatic carbocycles. The number of hydrogen-bond donors (Lipinski definition) is 2. The molecule has 2 heterocycles. The molecule has 1 aliphatic carbocycles. The van der Waals surface area contributed by atoms with Crippen molar-refractivity contribution in [2.45, 2.75) is 24.6 Å². The van der Waals surface area contributed by atoms with E-state index in [4.69, 9.17) is 5.84 Å². The predicted octanol–water partition coefficient (Wildman–Crippen LogP) is 1.20. The maximum atomic E-state index is 13.6. The molecule has 0 bridgehead atoms. The number of amides is 1. The topological polar surface area (TPSA) is 101 Å². The lowest BCUT2D eigenvalue weighted by Crippen LogP contribution is -2.49. The Morgan fingerprint density at radius 3 is 2.52 bits per heavy atom. The Morgan fingerprint density at radius 1 is 1.13 bits per heavy atom. The maximum absolute atomic E-state index is 13.6. The monoisotopic (exact) mass is 443 g/mol. The van der Waals surface area contributed by atoms with Gasteiger partial charge in [-0.25, -0.2) is 18.2 Å². The Balaban J connectivity index is 1.58. The van der Waals surface area contributed by atoms with Gasteiger partial charge in [0, 0.05) is 44.3 Å². The predicted molar refractivity (Wildman–Crippen MR) is 122 cm³/mol. The number of nitrogens with two attached hydrogens (primary N) is 1. The molecular weight excluding hydrogens is 414 g/mol. The first kappa shape index (κ1) is 21.8. The van der Waals surface area contributed by atoms with E-state index in [1.165, 1.54) is 3.97 Å². The van der Waals surface area contributed by atoms with Gasteiger partial charge in [0.2, 0.25) is 15.9 Å². The van der Waals surface area contributed by atoms with Crippen molar-refractivity contribution in [2.75, 3.05) is 32.7 Å². The van der Waals surface area contributed by atoms with Crippen molar-refractivity contribution in [2.24, 2.45) is 5.84 Å². The first-order valence-electron chi connectivity index (χ1n) is 10.5. The molecule has 9 heteroatoms. The molecule has 1 atom stereocenters. The minimum absolute atomic E-state index is 0.193. The summed E-state index contributed by atoms with van der Waals surface area (Å²) in [4.78, 5) is 15.9. The summed E-state index contributed by atoms with van der Waals surface area (Å²) >= 11 is 0. The Labute approximate surface area is 183 Å². The SMILES string of the molecule is CC1(S(=O)(=O)n2cc(CN3CCN(CC(=O)NN)CC3)c3ccccc32)C=CC=CC1. The third-order valence-electron chi connectivity index (χ3n) is 6.21. The lowest BCUT2D eigenvalue weighted by atomic mass is 10.0. The van der Waals surface area contributed by atoms with Crippen molar-refractivity contribution < 1.29 is 13.2 Å². The number of hydrogen-bond acceptors (Lipinski definition) is 6. The van der Waals surface area contributed by atoms with Crippen molar-refractivity contribution in [1.29, 1.82) is 0 Å². The largest absolute Gasteiger partial charge is 0.296 e. The van der Waals surface area contributed by atoms with Gasteiger partial charge in [0.05, 0.1) is 12.1 Å². The molecule has 2 aromatic rings. The van der Waals surface area contributed by atoms with Crippen LogP contribution in [0.1, 0.15) is 18.9 Å². The molecule has 3 N–H and O–H groups in total. The Bertz CT molecular complexity index is 1130. The summed E-state index contributed by atoms with van der Waals surface area (Å²) in [5.74, 6) is 4.98. The van der Waals surface area contributed by atoms with Gasteiger partial charge >= 0.3 is 0 Å². The van der Waals surface area contributed by atoms with Gasteiger partial charge in [-0.2, -0.15) is 0 Å². The number of fused-ring (bicyclic) bond motifs is 1. The van der Waals surface area contributed by atoms with Crippen LogP contribution in [0.4, 0.5) is 0 Å². The van der Waals surface area contributed by atoms with Crippen molar-refractivity contribution >= 4 is 26.8 Å². The fourth-order valence-electron chi connectivity index (χ4n) is 4.26. The number of carbonyl (C=O) groups excluding carboxylic acids is 1. The van der Waals surface area contributed by atoms with Gasteiger partial charge in [0.1, 0.15) is 4.75 Å². The lowest BCUT2D eigenvalue weighted by Gasteiger charge is -2.34. The van der Waals surface area contributed by atoms with Crippen molar-refractivity contribution in [3.63, 3.8) is 0 Å². The van der Waals surface area contributed by atoms with Crippen LogP contribution >= 0.6 is 0 Å². The third kappa shape index (κ3) is 4.18. The zero-order valence-electron chi connectivity index (χ0n) is 17.7. The second kappa shape index (κ2) is 8.58. The number of nitrogens with one attached hydrogen (secondary N) is 1. The molecule has 1 aliphatic heterocycles. The second-order valence-corrected chi connectivity index (χ2v) is 10.7. The van der Waals surface area contributed by atoms with E-state index in [1.807, 2.05) is 36.4 Å². The number of nitrogens with zero attached hydrogens (tertiary/aromatic N) is 3. The van der Waals surface area contributed by atoms with Gasteiger partial charge in [0.25, 0.3) is 0 Å². The van der Waals surface area contributed by atoms with E-state index in [0.717, 1.165) is 37.1 Å². The molecule has 0 radical (unpaired) electrons. The highest BCUT2D eigenvalue weighted by Gasteiger charge is 2.39. The summed E-state index contributed by atoms with van der Waals surface area (Å²) < 4.78 is 27.7. The van der Waals surface area contributed by atoms with Crippen molar-refractivity contribution in [3.8, 4) is 0 Å². The summed E-state index contributed by atoms with van der Waals surface area (Å²) in [6.07, 6.45) is 9.59. The number of carbonyl (C=O) groups is 1. The van der Waals surface area contributed by atoms with Crippen LogP contribution in [0.15, 0.2) is 54.8 Å². The minimum Gasteiger partial charge on any atom is -0.296 e. The summed E-state index contributed by atoms with van der Waals surface area (Å²) in [7, 11) is -3.64. The Morgan fingerprint density at radius 2 is 1.84 bits per heavy atom. The van der Waals surface area contributed by atoms with Crippen LogP contribution in [-0.2, 0) is 21.4 Å². The zero-order chi connectivity index (χ0) is 22.1. The highest BCUT2D eigenvalue weighted by Crippen LogP contribution is 2.33. The molecule has 31 heavy (non-hydrogen) atoms. The minimum atomic E-state index is -3.64. The van der Waals surface area contributed by atoms with Crippen LogP contribution < -0.4 is 11.3 Å². The van der Waals surface area contributed by atoms with Crippen LogP contribution in [0, 0.1) is 0 Å². The van der Waals surface area contributed by atoms with E-state index in [0.29, 0.717) is 25.0 Å². The number of aromatic nitrogens is 1. The first-order chi connectivity index (χ1) is 14.8. The van der Waals surface area contributed by atoms with Crippen LogP contribution in [0.5, 0.6) is 0 Å². The molecule has 1 saturated heterocycles. The highest BCUT2D eigenvalue weighted by molar-refractivity contribution is 7.91. The molecular formula is C22H29N5O3S. The van der Waals surface area contributed by atoms with Crippen LogP contribution in [-0.4, -0.2) is 65.6 Å². The standard InChI is InChI=1S/C22H29N5O3S/c1-22(9-5-2-6-10-22)31(29,30)27-16-18(19-7-3-4-8-20(19)27)15-25-11-13-26(14-12-25)17-21(28)24-23/h2-9,16H,10-15,17,23H2,1H3,(H,24,28). The van der Waals surface area contributed by atoms with Gasteiger partial charge < -0.3 is 0 Å². The van der Waals surface area contributed by atoms with E-state index >= 15 is 0 Å². The van der Waals surface area contributed by atoms with Gasteiger partial charge in [-0.15, -0.1) is 0 Å². The van der Waals surface area contributed by atoms with E-state index < -0.39 is 14.8 Å². The van der Waals surface area contributed by atoms with Gasteiger partial charge in [-0.1, -0.05) is 42.5 Å². The van der Waals surface area contributed by atoms with Crippen LogP contribution in [0.2, 0.25) is 0 Å². The quantitative estimate of drug-likeness (QED) is 0.395. The molecule has 1 unspecified atom stereocenters. The molecule has 0 spiro atoms. The summed E-state index contributed by atoms with van der Waals surface area (Å²) in [5, 5.41) is 0.954. The third-order valence-corrected chi connectivity index (χ3v) is 8.52. The molecule has 2 aliphatic rings. The number of piperazine rings is 1. The van der Waals surface area contributed by atoms with Crippen molar-refractivity contribution in [3.05, 3.63) is 60.3 Å². The van der Waals surface area contributed by atoms with E-state index in [1.54, 1.807) is 25.3 Å². The Kier molecular flexibility index (Phi) is 6.02. The smallest absolute Gasteiger partial charge is 0.248 e. The van der Waals surface area contributed by atoms with Gasteiger partial charge in [0.15, 0.2) is 0 Å². The van der Waals surface area contributed by atoms with E-state index in [-0.39, 0.29) is 5.91 Å². The maximum Gasteiger partial charge on any atom is 0.248 e. The van der Waals surface area contributed by atoms with E-state index in [2.05, 4.69) is 15.2 Å². The zero-order valence-corrected chi connectivity index (χ0v) is 18.5. The fourth-order valence-corrected chi connectivity index (χ4v) is 5.95. The average Bonchev–Trinajstić information content (AvgIpc) is 3.14. The summed E-state index contributed by atoms with van der Waals surface area (Å²) in [6.45, 7) is 5.85. The van der Waals surface area contributed by atoms with Crippen LogP contribution in [0.3, 0.4) is 0 Å². The normalized spacial score (nSPS) is 22.8. The van der Waals surface area contributed by atoms with Gasteiger partial charge in [-0.05, 0) is 25.0 Å². The molecule has 0 saturated carbocycles. The summed E-state index contributed by atoms with van der Waals surface area (Å²) in [6, 6.07) is 7.67. The number of benzene rings is 1. The molecule has 1 fully saturated rings. The second-order valence-electron chi connectivity index (χ2n) is 8.40. The number of para-hydroxylation sites is 1. The molecule has 166 valence electrons. The number of hydrazine groups is 1. The first-order valence-corrected chi connectivity index (χ1v) is 11.9. The van der Waals surface area contributed by atoms with Crippen LogP contribution in [0.25, 0.3) is 10.9 Å². The Hall–Kier alpha value is -2.46. The highest BCUT2D eigenvalue weighted by atomic mass is 32.2. The molecule has 1 amide bonds. The van der Waals surface area contributed by atoms with E-state index in [9.17, 15) is 13.2 Å². The molecule has 1 aromatic heterocycles. The van der Waals surface area contributed by atoms with Gasteiger partial charge in [-0.3, -0.25) is 20.0 Å². The lowest BCUT2D eigenvalue weighted by molar-refractivity contribution is -0.122. The molecule has 4 rings (SSSR count). The van der Waals surface area contributed by atoms with Crippen molar-refractivity contribution in [1.82, 2.24) is 19.2 Å². The average molecular weight is 444 g/mol. The summed E-state index contributed by atoms with van der Waals surface area (Å²) in [5.41, 5.74) is 3.87. The number of allylic oxidation sites excluding steroid dienone is 3.